The highest BCUT2D eigenvalue weighted by atomic mass is 16.5. The van der Waals surface area contributed by atoms with Gasteiger partial charge in [-0.15, -0.1) is 0 Å². The quantitative estimate of drug-likeness (QED) is 0.419. The fourth-order valence-electron chi connectivity index (χ4n) is 1.98. The second-order valence-corrected chi connectivity index (χ2v) is 5.46. The van der Waals surface area contributed by atoms with Gasteiger partial charge in [0.1, 0.15) is 5.75 Å². The Morgan fingerprint density at radius 3 is 2.25 bits per heavy atom. The number of ether oxygens (including phenoxy) is 1. The molecule has 0 heterocycles. The van der Waals surface area contributed by atoms with Crippen LogP contribution in [0.3, 0.4) is 0 Å². The van der Waals surface area contributed by atoms with E-state index in [4.69, 9.17) is 29.6 Å². The van der Waals surface area contributed by atoms with Gasteiger partial charge in [-0.05, 0) is 49.1 Å². The van der Waals surface area contributed by atoms with E-state index in [1.807, 2.05) is 6.07 Å². The Bertz CT molecular complexity index is 504. The lowest BCUT2D eigenvalue weighted by Crippen LogP contribution is -2.20. The molecule has 1 aromatic carbocycles. The van der Waals surface area contributed by atoms with Crippen LogP contribution in [0, 0.1) is 6.92 Å². The van der Waals surface area contributed by atoms with E-state index in [-0.39, 0.29) is 6.61 Å². The van der Waals surface area contributed by atoms with Gasteiger partial charge in [0, 0.05) is 6.54 Å². The second-order valence-electron chi connectivity index (χ2n) is 5.46. The smallest absolute Gasteiger partial charge is 0.414 e. The van der Waals surface area contributed by atoms with E-state index in [2.05, 4.69) is 38.2 Å². The molecule has 7 nitrogen and oxygen atoms in total. The van der Waals surface area contributed by atoms with Crippen molar-refractivity contribution in [2.45, 2.75) is 33.1 Å². The number of aryl methyl sites for hydroxylation is 1. The van der Waals surface area contributed by atoms with Gasteiger partial charge in [-0.2, -0.15) is 0 Å². The molecule has 0 fully saturated rings. The van der Waals surface area contributed by atoms with Crippen molar-refractivity contribution in [1.29, 1.82) is 0 Å². The second kappa shape index (κ2) is 12.3. The molecule has 0 atom stereocenters. The molecule has 0 saturated carbocycles. The number of aliphatic hydroxyl groups is 1. The summed E-state index contributed by atoms with van der Waals surface area (Å²) in [5.74, 6) is -2.15. The molecule has 136 valence electrons. The molecule has 1 aromatic rings. The Morgan fingerprint density at radius 1 is 1.17 bits per heavy atom. The van der Waals surface area contributed by atoms with Gasteiger partial charge in [-0.25, -0.2) is 9.59 Å². The van der Waals surface area contributed by atoms with Crippen molar-refractivity contribution in [1.82, 2.24) is 5.32 Å². The summed E-state index contributed by atoms with van der Waals surface area (Å²) in [5, 5.41) is 26.5. The van der Waals surface area contributed by atoms with Crippen molar-refractivity contribution >= 4 is 11.9 Å². The van der Waals surface area contributed by atoms with Crippen LogP contribution in [0.5, 0.6) is 5.75 Å². The number of carbonyl (C=O) groups is 2. The molecule has 7 heteroatoms. The lowest BCUT2D eigenvalue weighted by atomic mass is 9.98. The SMILES string of the molecule is Cc1cc(OCCCNCCO)ccc1C(C)C.O=C(O)C(=O)O. The zero-order valence-corrected chi connectivity index (χ0v) is 14.4. The fourth-order valence-corrected chi connectivity index (χ4v) is 1.98. The average Bonchev–Trinajstić information content (AvgIpc) is 2.51. The first-order chi connectivity index (χ1) is 11.3. The van der Waals surface area contributed by atoms with E-state index in [1.54, 1.807) is 0 Å². The lowest BCUT2D eigenvalue weighted by Gasteiger charge is -2.12. The van der Waals surface area contributed by atoms with Gasteiger partial charge in [0.05, 0.1) is 13.2 Å². The summed E-state index contributed by atoms with van der Waals surface area (Å²) >= 11 is 0. The third-order valence-corrected chi connectivity index (χ3v) is 3.10. The first-order valence-electron chi connectivity index (χ1n) is 7.80. The number of carboxylic acid groups (broad SMARTS) is 2. The van der Waals surface area contributed by atoms with Crippen LogP contribution in [0.15, 0.2) is 18.2 Å². The number of hydrogen-bond acceptors (Lipinski definition) is 5. The van der Waals surface area contributed by atoms with Gasteiger partial charge < -0.3 is 25.4 Å². The van der Waals surface area contributed by atoms with Crippen molar-refractivity contribution in [3.63, 3.8) is 0 Å². The first kappa shape index (κ1) is 21.9. The Morgan fingerprint density at radius 2 is 1.79 bits per heavy atom. The van der Waals surface area contributed by atoms with Crippen LogP contribution in [0.25, 0.3) is 0 Å². The van der Waals surface area contributed by atoms with Crippen molar-refractivity contribution in [2.75, 3.05) is 26.3 Å². The average molecular weight is 341 g/mol. The fraction of sp³-hybridized carbons (Fsp3) is 0.529. The van der Waals surface area contributed by atoms with Crippen LogP contribution < -0.4 is 10.1 Å². The molecular weight excluding hydrogens is 314 g/mol. The van der Waals surface area contributed by atoms with E-state index in [0.717, 1.165) is 18.7 Å². The van der Waals surface area contributed by atoms with E-state index in [9.17, 15) is 0 Å². The largest absolute Gasteiger partial charge is 0.494 e. The van der Waals surface area contributed by atoms with Crippen LogP contribution in [0.1, 0.15) is 37.3 Å². The highest BCUT2D eigenvalue weighted by Crippen LogP contribution is 2.23. The number of rotatable bonds is 8. The van der Waals surface area contributed by atoms with Crippen LogP contribution in [-0.2, 0) is 9.59 Å². The van der Waals surface area contributed by atoms with E-state index < -0.39 is 11.9 Å². The molecule has 0 bridgehead atoms. The van der Waals surface area contributed by atoms with Crippen molar-refractivity contribution in [2.24, 2.45) is 0 Å². The normalized spacial score (nSPS) is 10.0. The topological polar surface area (TPSA) is 116 Å². The van der Waals surface area contributed by atoms with Crippen LogP contribution in [0.4, 0.5) is 0 Å². The van der Waals surface area contributed by atoms with Crippen LogP contribution in [-0.4, -0.2) is 53.6 Å². The number of aliphatic hydroxyl groups excluding tert-OH is 1. The molecule has 4 N–H and O–H groups in total. The lowest BCUT2D eigenvalue weighted by molar-refractivity contribution is -0.159. The molecular formula is C17H27NO6. The maximum absolute atomic E-state index is 9.10. The minimum absolute atomic E-state index is 0.191. The zero-order valence-electron chi connectivity index (χ0n) is 14.4. The third-order valence-electron chi connectivity index (χ3n) is 3.10. The van der Waals surface area contributed by atoms with Gasteiger partial charge in [-0.3, -0.25) is 0 Å². The highest BCUT2D eigenvalue weighted by molar-refractivity contribution is 6.27. The van der Waals surface area contributed by atoms with E-state index in [1.165, 1.54) is 11.1 Å². The number of aliphatic carboxylic acids is 2. The minimum Gasteiger partial charge on any atom is -0.494 e. The number of nitrogens with one attached hydrogen (secondary N) is 1. The molecule has 0 aliphatic rings. The third kappa shape index (κ3) is 9.81. The summed E-state index contributed by atoms with van der Waals surface area (Å²) < 4.78 is 5.70. The number of hydrogen-bond donors (Lipinski definition) is 4. The number of carboxylic acids is 2. The van der Waals surface area contributed by atoms with Crippen molar-refractivity contribution in [3.8, 4) is 5.75 Å². The molecule has 0 aliphatic heterocycles. The Labute approximate surface area is 142 Å². The predicted molar refractivity (Wildman–Crippen MR) is 90.6 cm³/mol. The highest BCUT2D eigenvalue weighted by Gasteiger charge is 2.05. The summed E-state index contributed by atoms with van der Waals surface area (Å²) in [4.78, 5) is 18.2. The van der Waals surface area contributed by atoms with Crippen molar-refractivity contribution < 1.29 is 29.6 Å². The molecule has 1 rings (SSSR count). The summed E-state index contributed by atoms with van der Waals surface area (Å²) in [7, 11) is 0. The van der Waals surface area contributed by atoms with Gasteiger partial charge in [-0.1, -0.05) is 19.9 Å². The zero-order chi connectivity index (χ0) is 18.5. The molecule has 24 heavy (non-hydrogen) atoms. The molecule has 0 aromatic heterocycles. The first-order valence-corrected chi connectivity index (χ1v) is 7.80. The number of benzene rings is 1. The molecule has 0 spiro atoms. The predicted octanol–water partition coefficient (Wildman–Crippen LogP) is 1.62. The standard InChI is InChI=1S/C15H25NO2.C2H2O4/c1-12(2)15-6-5-14(11-13(15)3)18-10-4-7-16-8-9-17;3-1(4)2(5)6/h5-6,11-12,16-17H,4,7-10H2,1-3H3;(H,3,4)(H,5,6). The van der Waals surface area contributed by atoms with Gasteiger partial charge >= 0.3 is 11.9 Å². The van der Waals surface area contributed by atoms with Gasteiger partial charge in [0.2, 0.25) is 0 Å². The Kier molecular flexibility index (Phi) is 11.2. The summed E-state index contributed by atoms with van der Waals surface area (Å²) in [6.07, 6.45) is 0.949. The molecule has 0 unspecified atom stereocenters. The van der Waals surface area contributed by atoms with Gasteiger partial charge in [0.15, 0.2) is 0 Å². The maximum atomic E-state index is 9.10. The molecule has 0 radical (unpaired) electrons. The monoisotopic (exact) mass is 341 g/mol. The maximum Gasteiger partial charge on any atom is 0.414 e. The summed E-state index contributed by atoms with van der Waals surface area (Å²) in [5.41, 5.74) is 2.67. The van der Waals surface area contributed by atoms with Crippen LogP contribution >= 0.6 is 0 Å². The molecule has 0 aliphatic carbocycles. The summed E-state index contributed by atoms with van der Waals surface area (Å²) in [6, 6.07) is 6.30. The summed E-state index contributed by atoms with van der Waals surface area (Å²) in [6.45, 7) is 8.97. The Hall–Kier alpha value is -2.12. The van der Waals surface area contributed by atoms with Crippen LogP contribution in [0.2, 0.25) is 0 Å². The van der Waals surface area contributed by atoms with Gasteiger partial charge in [0.25, 0.3) is 0 Å². The molecule has 0 amide bonds. The van der Waals surface area contributed by atoms with E-state index in [0.29, 0.717) is 19.1 Å². The van der Waals surface area contributed by atoms with E-state index >= 15 is 0 Å². The van der Waals surface area contributed by atoms with Crippen molar-refractivity contribution in [3.05, 3.63) is 29.3 Å². The molecule has 0 saturated heterocycles. The minimum atomic E-state index is -1.82. The Balaban J connectivity index is 0.000000754.